The SMILES string of the molecule is CC(c1nc(-c2ccccc2)no1)N1CCN(CC(=O)NCc2ccc(N(C)C)cc2)CC1. The summed E-state index contributed by atoms with van der Waals surface area (Å²) >= 11 is 0. The second-order valence-electron chi connectivity index (χ2n) is 8.65. The van der Waals surface area contributed by atoms with E-state index in [2.05, 4.69) is 61.3 Å². The van der Waals surface area contributed by atoms with Crippen molar-refractivity contribution in [3.8, 4) is 11.4 Å². The number of nitrogens with zero attached hydrogens (tertiary/aromatic N) is 5. The van der Waals surface area contributed by atoms with Crippen molar-refractivity contribution in [3.63, 3.8) is 0 Å². The van der Waals surface area contributed by atoms with E-state index in [-0.39, 0.29) is 11.9 Å². The van der Waals surface area contributed by atoms with Gasteiger partial charge in [0, 0.05) is 58.1 Å². The van der Waals surface area contributed by atoms with Crippen LogP contribution in [0.3, 0.4) is 0 Å². The number of hydrogen-bond donors (Lipinski definition) is 1. The van der Waals surface area contributed by atoms with Crippen molar-refractivity contribution >= 4 is 11.6 Å². The molecule has 0 spiro atoms. The van der Waals surface area contributed by atoms with E-state index in [9.17, 15) is 4.79 Å². The lowest BCUT2D eigenvalue weighted by atomic mass is 10.2. The van der Waals surface area contributed by atoms with E-state index < -0.39 is 0 Å². The summed E-state index contributed by atoms with van der Waals surface area (Å²) in [6.45, 7) is 6.41. The van der Waals surface area contributed by atoms with Crippen molar-refractivity contribution in [1.29, 1.82) is 0 Å². The molecule has 8 nitrogen and oxygen atoms in total. The predicted molar refractivity (Wildman–Crippen MR) is 129 cm³/mol. The van der Waals surface area contributed by atoms with Gasteiger partial charge in [-0.05, 0) is 24.6 Å². The van der Waals surface area contributed by atoms with Gasteiger partial charge in [-0.3, -0.25) is 14.6 Å². The molecule has 1 unspecified atom stereocenters. The van der Waals surface area contributed by atoms with Gasteiger partial charge in [0.05, 0.1) is 12.6 Å². The molecule has 0 radical (unpaired) electrons. The Balaban J connectivity index is 1.21. The Morgan fingerprint density at radius 2 is 1.76 bits per heavy atom. The number of amides is 1. The van der Waals surface area contributed by atoms with Gasteiger partial charge in [0.15, 0.2) is 0 Å². The number of piperazine rings is 1. The van der Waals surface area contributed by atoms with Crippen LogP contribution in [0, 0.1) is 0 Å². The molecule has 33 heavy (non-hydrogen) atoms. The maximum absolute atomic E-state index is 12.4. The molecule has 1 aliphatic heterocycles. The van der Waals surface area contributed by atoms with Gasteiger partial charge in [0.1, 0.15) is 0 Å². The average Bonchev–Trinajstić information content (AvgIpc) is 3.34. The third-order valence-corrected chi connectivity index (χ3v) is 6.10. The number of benzene rings is 2. The number of carbonyl (C=O) groups excluding carboxylic acids is 1. The molecule has 1 amide bonds. The van der Waals surface area contributed by atoms with Gasteiger partial charge >= 0.3 is 0 Å². The van der Waals surface area contributed by atoms with Crippen LogP contribution in [0.25, 0.3) is 11.4 Å². The van der Waals surface area contributed by atoms with Crippen LogP contribution in [0.15, 0.2) is 59.1 Å². The molecular formula is C25H32N6O2. The van der Waals surface area contributed by atoms with Crippen LogP contribution < -0.4 is 10.2 Å². The van der Waals surface area contributed by atoms with Gasteiger partial charge in [-0.25, -0.2) is 0 Å². The Morgan fingerprint density at radius 3 is 2.42 bits per heavy atom. The zero-order valence-corrected chi connectivity index (χ0v) is 19.6. The first-order valence-electron chi connectivity index (χ1n) is 11.4. The first-order chi connectivity index (χ1) is 16.0. The molecule has 4 rings (SSSR count). The molecule has 174 valence electrons. The predicted octanol–water partition coefficient (Wildman–Crippen LogP) is 2.80. The van der Waals surface area contributed by atoms with Gasteiger partial charge < -0.3 is 14.7 Å². The van der Waals surface area contributed by atoms with Crippen molar-refractivity contribution in [1.82, 2.24) is 25.3 Å². The Morgan fingerprint density at radius 1 is 1.06 bits per heavy atom. The van der Waals surface area contributed by atoms with Crippen LogP contribution >= 0.6 is 0 Å². The zero-order chi connectivity index (χ0) is 23.2. The minimum atomic E-state index is 0.0380. The molecule has 0 aliphatic carbocycles. The topological polar surface area (TPSA) is 77.7 Å². The lowest BCUT2D eigenvalue weighted by Gasteiger charge is -2.36. The molecule has 0 bridgehead atoms. The Bertz CT molecular complexity index is 1030. The van der Waals surface area contributed by atoms with Crippen LogP contribution in [0.1, 0.15) is 24.4 Å². The summed E-state index contributed by atoms with van der Waals surface area (Å²) in [5.41, 5.74) is 3.19. The molecule has 1 aliphatic rings. The van der Waals surface area contributed by atoms with Crippen LogP contribution in [0.5, 0.6) is 0 Å². The fourth-order valence-electron chi connectivity index (χ4n) is 3.95. The molecule has 2 aromatic carbocycles. The third-order valence-electron chi connectivity index (χ3n) is 6.10. The molecule has 8 heteroatoms. The van der Waals surface area contributed by atoms with Crippen molar-refractivity contribution in [2.75, 3.05) is 51.7 Å². The number of anilines is 1. The van der Waals surface area contributed by atoms with Crippen molar-refractivity contribution < 1.29 is 9.32 Å². The van der Waals surface area contributed by atoms with Gasteiger partial charge in [-0.15, -0.1) is 0 Å². The third kappa shape index (κ3) is 5.97. The first kappa shape index (κ1) is 22.9. The molecular weight excluding hydrogens is 416 g/mol. The van der Waals surface area contributed by atoms with E-state index >= 15 is 0 Å². The van der Waals surface area contributed by atoms with Crippen LogP contribution in [0.2, 0.25) is 0 Å². The van der Waals surface area contributed by atoms with Crippen LogP contribution in [-0.2, 0) is 11.3 Å². The molecule has 1 N–H and O–H groups in total. The summed E-state index contributed by atoms with van der Waals surface area (Å²) in [5, 5.41) is 7.17. The van der Waals surface area contributed by atoms with Crippen molar-refractivity contribution in [2.45, 2.75) is 19.5 Å². The molecule has 1 atom stereocenters. The Hall–Kier alpha value is -3.23. The fraction of sp³-hybridized carbons (Fsp3) is 0.400. The zero-order valence-electron chi connectivity index (χ0n) is 19.6. The standard InChI is InChI=1S/C25H32N6O2/c1-19(25-27-24(28-33-25)21-7-5-4-6-8-21)31-15-13-30(14-16-31)18-23(32)26-17-20-9-11-22(12-10-20)29(2)3/h4-12,19H,13-18H2,1-3H3,(H,26,32). The highest BCUT2D eigenvalue weighted by molar-refractivity contribution is 5.78. The number of carbonyl (C=O) groups is 1. The summed E-state index contributed by atoms with van der Waals surface area (Å²) in [6, 6.07) is 18.1. The van der Waals surface area contributed by atoms with Crippen LogP contribution in [-0.4, -0.2) is 72.7 Å². The smallest absolute Gasteiger partial charge is 0.244 e. The second kappa shape index (κ2) is 10.6. The highest BCUT2D eigenvalue weighted by Crippen LogP contribution is 2.23. The maximum Gasteiger partial charge on any atom is 0.244 e. The fourth-order valence-corrected chi connectivity index (χ4v) is 3.95. The molecule has 2 heterocycles. The van der Waals surface area contributed by atoms with E-state index in [1.165, 1.54) is 0 Å². The van der Waals surface area contributed by atoms with Crippen LogP contribution in [0.4, 0.5) is 5.69 Å². The normalized spacial score (nSPS) is 15.8. The Kier molecular flexibility index (Phi) is 7.36. The summed E-state index contributed by atoms with van der Waals surface area (Å²) in [5.74, 6) is 1.29. The minimum absolute atomic E-state index is 0.0380. The van der Waals surface area contributed by atoms with E-state index in [1.54, 1.807) is 0 Å². The number of nitrogens with one attached hydrogen (secondary N) is 1. The highest BCUT2D eigenvalue weighted by Gasteiger charge is 2.26. The summed E-state index contributed by atoms with van der Waals surface area (Å²) < 4.78 is 5.54. The van der Waals surface area contributed by atoms with E-state index in [0.717, 1.165) is 43.0 Å². The summed E-state index contributed by atoms with van der Waals surface area (Å²) in [4.78, 5) is 23.6. The Labute approximate surface area is 195 Å². The average molecular weight is 449 g/mol. The van der Waals surface area contributed by atoms with Crippen molar-refractivity contribution in [3.05, 3.63) is 66.1 Å². The summed E-state index contributed by atoms with van der Waals surface area (Å²) in [7, 11) is 4.03. The quantitative estimate of drug-likeness (QED) is 0.568. The second-order valence-corrected chi connectivity index (χ2v) is 8.65. The first-order valence-corrected chi connectivity index (χ1v) is 11.4. The monoisotopic (exact) mass is 448 g/mol. The molecule has 3 aromatic rings. The van der Waals surface area contributed by atoms with E-state index in [4.69, 9.17) is 4.52 Å². The van der Waals surface area contributed by atoms with Gasteiger partial charge in [0.2, 0.25) is 17.6 Å². The number of rotatable bonds is 8. The van der Waals surface area contributed by atoms with Gasteiger partial charge in [0.25, 0.3) is 0 Å². The largest absolute Gasteiger partial charge is 0.378 e. The lowest BCUT2D eigenvalue weighted by Crippen LogP contribution is -2.49. The molecule has 0 saturated carbocycles. The van der Waals surface area contributed by atoms with E-state index in [1.807, 2.05) is 44.4 Å². The molecule has 1 fully saturated rings. The molecule has 1 aromatic heterocycles. The molecule has 1 saturated heterocycles. The number of aromatic nitrogens is 2. The summed E-state index contributed by atoms with van der Waals surface area (Å²) in [6.07, 6.45) is 0. The minimum Gasteiger partial charge on any atom is -0.378 e. The lowest BCUT2D eigenvalue weighted by molar-refractivity contribution is -0.122. The number of hydrogen-bond acceptors (Lipinski definition) is 7. The maximum atomic E-state index is 12.4. The van der Waals surface area contributed by atoms with E-state index in [0.29, 0.717) is 24.8 Å². The van der Waals surface area contributed by atoms with Gasteiger partial charge in [-0.2, -0.15) is 4.98 Å². The van der Waals surface area contributed by atoms with Gasteiger partial charge in [-0.1, -0.05) is 47.6 Å². The van der Waals surface area contributed by atoms with Crippen molar-refractivity contribution in [2.24, 2.45) is 0 Å². The highest BCUT2D eigenvalue weighted by atomic mass is 16.5.